The van der Waals surface area contributed by atoms with Crippen LogP contribution < -0.4 is 4.74 Å². The van der Waals surface area contributed by atoms with Gasteiger partial charge in [0.05, 0.1) is 7.11 Å². The summed E-state index contributed by atoms with van der Waals surface area (Å²) in [6.07, 6.45) is 5.53. The molecule has 0 N–H and O–H groups in total. The van der Waals surface area contributed by atoms with Crippen LogP contribution in [-0.2, 0) is 0 Å². The Bertz CT molecular complexity index is 538. The largest absolute Gasteiger partial charge is 0.497 e. The van der Waals surface area contributed by atoms with Gasteiger partial charge in [-0.25, -0.2) is 0 Å². The van der Waals surface area contributed by atoms with Gasteiger partial charge in [-0.1, -0.05) is 12.0 Å². The van der Waals surface area contributed by atoms with Crippen molar-refractivity contribution < 1.29 is 4.74 Å². The molecule has 0 aliphatic carbocycles. The number of halogens is 1. The van der Waals surface area contributed by atoms with E-state index in [1.807, 2.05) is 23.6 Å². The van der Waals surface area contributed by atoms with Crippen LogP contribution in [0, 0.1) is 12.3 Å². The normalized spacial score (nSPS) is 9.81. The molecule has 3 heteroatoms. The summed E-state index contributed by atoms with van der Waals surface area (Å²) < 4.78 is 6.15. The molecule has 0 saturated heterocycles. The molecular formula is C13H9BrOS. The van der Waals surface area contributed by atoms with Crippen molar-refractivity contribution in [2.75, 3.05) is 7.11 Å². The Morgan fingerprint density at radius 2 is 2.25 bits per heavy atom. The zero-order chi connectivity index (χ0) is 11.5. The van der Waals surface area contributed by atoms with Crippen LogP contribution in [0.4, 0.5) is 0 Å². The number of hydrogen-bond acceptors (Lipinski definition) is 2. The van der Waals surface area contributed by atoms with Crippen LogP contribution >= 0.6 is 27.3 Å². The monoisotopic (exact) mass is 292 g/mol. The number of ether oxygens (including phenoxy) is 1. The molecule has 0 aliphatic rings. The van der Waals surface area contributed by atoms with Crippen molar-refractivity contribution in [3.63, 3.8) is 0 Å². The molecule has 0 amide bonds. The van der Waals surface area contributed by atoms with Gasteiger partial charge in [-0.15, -0.1) is 17.8 Å². The van der Waals surface area contributed by atoms with Crippen molar-refractivity contribution in [2.45, 2.75) is 0 Å². The van der Waals surface area contributed by atoms with Crippen LogP contribution in [0.25, 0.3) is 10.4 Å². The highest BCUT2D eigenvalue weighted by Gasteiger charge is 2.11. The summed E-state index contributed by atoms with van der Waals surface area (Å²) in [6.45, 7) is 0. The zero-order valence-electron chi connectivity index (χ0n) is 8.66. The number of hydrogen-bond donors (Lipinski definition) is 0. The van der Waals surface area contributed by atoms with Gasteiger partial charge in [0.2, 0.25) is 0 Å². The summed E-state index contributed by atoms with van der Waals surface area (Å²) >= 11 is 5.20. The Kier molecular flexibility index (Phi) is 3.33. The van der Waals surface area contributed by atoms with Gasteiger partial charge in [-0.3, -0.25) is 0 Å². The first-order valence-corrected chi connectivity index (χ1v) is 6.31. The van der Waals surface area contributed by atoms with Gasteiger partial charge in [0, 0.05) is 20.5 Å². The summed E-state index contributed by atoms with van der Waals surface area (Å²) in [5.74, 6) is 3.46. The van der Waals surface area contributed by atoms with E-state index < -0.39 is 0 Å². The third-order valence-corrected chi connectivity index (χ3v) is 3.74. The second-order valence-electron chi connectivity index (χ2n) is 3.15. The molecule has 0 unspecified atom stereocenters. The van der Waals surface area contributed by atoms with E-state index in [4.69, 9.17) is 11.2 Å². The predicted octanol–water partition coefficient (Wildman–Crippen LogP) is 4.17. The Morgan fingerprint density at radius 1 is 1.44 bits per heavy atom. The molecule has 16 heavy (non-hydrogen) atoms. The van der Waals surface area contributed by atoms with Gasteiger partial charge < -0.3 is 4.74 Å². The molecule has 0 radical (unpaired) electrons. The first kappa shape index (κ1) is 11.3. The molecule has 0 aliphatic heterocycles. The molecule has 2 aromatic rings. The minimum atomic E-state index is 0.764. The maximum absolute atomic E-state index is 5.53. The number of benzene rings is 1. The second kappa shape index (κ2) is 4.73. The summed E-state index contributed by atoms with van der Waals surface area (Å²) in [7, 11) is 1.63. The van der Waals surface area contributed by atoms with Crippen molar-refractivity contribution >= 4 is 27.3 Å². The van der Waals surface area contributed by atoms with Gasteiger partial charge in [0.25, 0.3) is 0 Å². The fourth-order valence-electron chi connectivity index (χ4n) is 1.48. The van der Waals surface area contributed by atoms with E-state index in [2.05, 4.69) is 27.9 Å². The molecule has 1 nitrogen and oxygen atoms in total. The quantitative estimate of drug-likeness (QED) is 0.755. The topological polar surface area (TPSA) is 9.23 Å². The Morgan fingerprint density at radius 3 is 2.81 bits per heavy atom. The standard InChI is InChI=1S/C13H9BrOS/c1-3-9-7-10(15-2)8-11(14)13(9)12-5-4-6-16-12/h1,4-8H,2H3. The molecule has 1 aromatic heterocycles. The van der Waals surface area contributed by atoms with E-state index in [-0.39, 0.29) is 0 Å². The predicted molar refractivity (Wildman–Crippen MR) is 71.9 cm³/mol. The number of methoxy groups -OCH3 is 1. The van der Waals surface area contributed by atoms with Crippen LogP contribution in [0.15, 0.2) is 34.1 Å². The van der Waals surface area contributed by atoms with Crippen LogP contribution in [-0.4, -0.2) is 7.11 Å². The van der Waals surface area contributed by atoms with Gasteiger partial charge in [0.15, 0.2) is 0 Å². The highest BCUT2D eigenvalue weighted by Crippen LogP contribution is 2.37. The SMILES string of the molecule is C#Cc1cc(OC)cc(Br)c1-c1cccs1. The van der Waals surface area contributed by atoms with Crippen LogP contribution in [0.2, 0.25) is 0 Å². The lowest BCUT2D eigenvalue weighted by atomic mass is 10.1. The van der Waals surface area contributed by atoms with Crippen LogP contribution in [0.1, 0.15) is 5.56 Å². The molecule has 1 heterocycles. The van der Waals surface area contributed by atoms with Gasteiger partial charge in [0.1, 0.15) is 5.75 Å². The van der Waals surface area contributed by atoms with Gasteiger partial charge in [-0.2, -0.15) is 0 Å². The first-order valence-electron chi connectivity index (χ1n) is 4.64. The fraction of sp³-hybridized carbons (Fsp3) is 0.0769. The third kappa shape index (κ3) is 1.99. The smallest absolute Gasteiger partial charge is 0.121 e. The molecule has 80 valence electrons. The van der Waals surface area contributed by atoms with Crippen molar-refractivity contribution in [2.24, 2.45) is 0 Å². The Hall–Kier alpha value is -1.24. The van der Waals surface area contributed by atoms with E-state index in [0.717, 1.165) is 26.2 Å². The van der Waals surface area contributed by atoms with Crippen LogP contribution in [0.3, 0.4) is 0 Å². The molecular weight excluding hydrogens is 284 g/mol. The fourth-order valence-corrected chi connectivity index (χ4v) is 3.07. The van der Waals surface area contributed by atoms with Crippen molar-refractivity contribution in [1.29, 1.82) is 0 Å². The lowest BCUT2D eigenvalue weighted by molar-refractivity contribution is 0.414. The lowest BCUT2D eigenvalue weighted by Crippen LogP contribution is -1.88. The summed E-state index contributed by atoms with van der Waals surface area (Å²) in [4.78, 5) is 1.16. The van der Waals surface area contributed by atoms with Gasteiger partial charge in [-0.05, 0) is 39.5 Å². The number of thiophene rings is 1. The third-order valence-electron chi connectivity index (χ3n) is 2.22. The van der Waals surface area contributed by atoms with Crippen molar-refractivity contribution in [3.05, 3.63) is 39.7 Å². The Balaban J connectivity index is 2.66. The lowest BCUT2D eigenvalue weighted by Gasteiger charge is -2.08. The molecule has 0 bridgehead atoms. The maximum Gasteiger partial charge on any atom is 0.121 e. The van der Waals surface area contributed by atoms with E-state index in [0.29, 0.717) is 0 Å². The zero-order valence-corrected chi connectivity index (χ0v) is 11.1. The average molecular weight is 293 g/mol. The molecule has 0 fully saturated rings. The summed E-state index contributed by atoms with van der Waals surface area (Å²) in [5, 5.41) is 2.03. The van der Waals surface area contributed by atoms with E-state index in [1.54, 1.807) is 18.4 Å². The van der Waals surface area contributed by atoms with Crippen molar-refractivity contribution in [1.82, 2.24) is 0 Å². The minimum absolute atomic E-state index is 0.764. The number of rotatable bonds is 2. The minimum Gasteiger partial charge on any atom is -0.497 e. The van der Waals surface area contributed by atoms with E-state index in [1.165, 1.54) is 0 Å². The maximum atomic E-state index is 5.53. The molecule has 0 atom stereocenters. The highest BCUT2D eigenvalue weighted by atomic mass is 79.9. The molecule has 1 aromatic carbocycles. The average Bonchev–Trinajstić information content (AvgIpc) is 2.81. The number of terminal acetylenes is 1. The highest BCUT2D eigenvalue weighted by molar-refractivity contribution is 9.10. The van der Waals surface area contributed by atoms with Gasteiger partial charge >= 0.3 is 0 Å². The summed E-state index contributed by atoms with van der Waals surface area (Å²) in [6, 6.07) is 7.87. The summed E-state index contributed by atoms with van der Waals surface area (Å²) in [5.41, 5.74) is 1.90. The van der Waals surface area contributed by atoms with Crippen LogP contribution in [0.5, 0.6) is 5.75 Å². The molecule has 0 spiro atoms. The van der Waals surface area contributed by atoms with E-state index >= 15 is 0 Å². The van der Waals surface area contributed by atoms with E-state index in [9.17, 15) is 0 Å². The molecule has 2 rings (SSSR count). The Labute approximate surface area is 107 Å². The second-order valence-corrected chi connectivity index (χ2v) is 4.96. The molecule has 0 saturated carbocycles. The van der Waals surface area contributed by atoms with Crippen molar-refractivity contribution in [3.8, 4) is 28.5 Å². The first-order chi connectivity index (χ1) is 7.76.